The highest BCUT2D eigenvalue weighted by molar-refractivity contribution is 7.80. The van der Waals surface area contributed by atoms with Crippen molar-refractivity contribution in [1.82, 2.24) is 5.32 Å². The Balaban J connectivity index is 2.69. The average Bonchev–Trinajstić information content (AvgIpc) is 3.08. The molecule has 0 spiro atoms. The van der Waals surface area contributed by atoms with Crippen molar-refractivity contribution in [1.29, 1.82) is 0 Å². The second-order valence-electron chi connectivity index (χ2n) is 13.3. The van der Waals surface area contributed by atoms with E-state index in [1.807, 2.05) is 0 Å². The second kappa shape index (κ2) is 28.1. The van der Waals surface area contributed by atoms with Crippen molar-refractivity contribution in [2.24, 2.45) is 0 Å². The monoisotopic (exact) mass is 737 g/mol. The minimum absolute atomic E-state index is 0.239. The lowest BCUT2D eigenvalue weighted by atomic mass is 9.99. The fraction of sp³-hybridized carbons (Fsp3) is 0.861. The molecule has 7 N–H and O–H groups in total. The van der Waals surface area contributed by atoms with E-state index in [1.165, 1.54) is 63.9 Å². The SMILES string of the molecule is CCCC/C=C/CC/C=C/C(O)C(COC1OC(CO)C(O)C(OS(=O)(=O)O)C1O)NC(=O)C(O)CCCCCCCCCCCCCCC. The van der Waals surface area contributed by atoms with E-state index in [0.29, 0.717) is 12.8 Å². The van der Waals surface area contributed by atoms with Gasteiger partial charge in [0.1, 0.15) is 30.5 Å². The van der Waals surface area contributed by atoms with Crippen LogP contribution in [-0.4, -0.2) is 107 Å². The van der Waals surface area contributed by atoms with Gasteiger partial charge in [0.05, 0.1) is 25.4 Å². The van der Waals surface area contributed by atoms with Gasteiger partial charge < -0.3 is 40.3 Å². The van der Waals surface area contributed by atoms with Crippen LogP contribution in [0.15, 0.2) is 24.3 Å². The second-order valence-corrected chi connectivity index (χ2v) is 14.3. The first-order valence-electron chi connectivity index (χ1n) is 18.8. The molecule has 1 saturated heterocycles. The number of nitrogens with one attached hydrogen (secondary N) is 1. The van der Waals surface area contributed by atoms with Crippen LogP contribution in [0.3, 0.4) is 0 Å². The third-order valence-electron chi connectivity index (χ3n) is 8.84. The minimum atomic E-state index is -5.11. The lowest BCUT2D eigenvalue weighted by Gasteiger charge is -2.41. The quantitative estimate of drug-likeness (QED) is 0.0311. The highest BCUT2D eigenvalue weighted by atomic mass is 32.3. The molecule has 1 fully saturated rings. The summed E-state index contributed by atoms with van der Waals surface area (Å²) in [5.41, 5.74) is 0. The molecule has 14 heteroatoms. The number of aliphatic hydroxyl groups excluding tert-OH is 5. The number of carbonyl (C=O) groups is 1. The summed E-state index contributed by atoms with van der Waals surface area (Å²) in [7, 11) is -5.11. The molecule has 1 rings (SSSR count). The van der Waals surface area contributed by atoms with Crippen LogP contribution in [0.1, 0.15) is 136 Å². The molecule has 0 radical (unpaired) electrons. The van der Waals surface area contributed by atoms with Crippen LogP contribution in [0.25, 0.3) is 0 Å². The number of carbonyl (C=O) groups excluding carboxylic acids is 1. The maximum atomic E-state index is 13.0. The van der Waals surface area contributed by atoms with Crippen molar-refractivity contribution in [3.8, 4) is 0 Å². The van der Waals surface area contributed by atoms with Crippen LogP contribution in [0, 0.1) is 0 Å². The van der Waals surface area contributed by atoms with Crippen LogP contribution in [0.2, 0.25) is 0 Å². The van der Waals surface area contributed by atoms with Crippen molar-refractivity contribution in [3.63, 3.8) is 0 Å². The van der Waals surface area contributed by atoms with Gasteiger partial charge in [-0.3, -0.25) is 9.35 Å². The zero-order valence-electron chi connectivity index (χ0n) is 30.3. The summed E-state index contributed by atoms with van der Waals surface area (Å²) in [6, 6.07) is -1.13. The number of rotatable bonds is 30. The molecule has 8 unspecified atom stereocenters. The van der Waals surface area contributed by atoms with Crippen LogP contribution >= 0.6 is 0 Å². The van der Waals surface area contributed by atoms with E-state index in [1.54, 1.807) is 6.08 Å². The predicted molar refractivity (Wildman–Crippen MR) is 191 cm³/mol. The molecule has 0 aromatic rings. The Morgan fingerprint density at radius 2 is 1.34 bits per heavy atom. The van der Waals surface area contributed by atoms with Crippen LogP contribution in [0.4, 0.5) is 0 Å². The van der Waals surface area contributed by atoms with E-state index in [4.69, 9.17) is 14.0 Å². The molecule has 8 atom stereocenters. The molecule has 0 aromatic heterocycles. The zero-order valence-corrected chi connectivity index (χ0v) is 31.1. The molecule has 1 aliphatic heterocycles. The summed E-state index contributed by atoms with van der Waals surface area (Å²) in [5, 5.41) is 54.6. The van der Waals surface area contributed by atoms with Gasteiger partial charge in [-0.1, -0.05) is 134 Å². The van der Waals surface area contributed by atoms with Crippen LogP contribution < -0.4 is 5.32 Å². The fourth-order valence-electron chi connectivity index (χ4n) is 5.75. The lowest BCUT2D eigenvalue weighted by Crippen LogP contribution is -2.61. The van der Waals surface area contributed by atoms with Gasteiger partial charge in [0, 0.05) is 0 Å². The molecule has 0 aromatic carbocycles. The van der Waals surface area contributed by atoms with Crippen molar-refractivity contribution in [2.75, 3.05) is 13.2 Å². The topological polar surface area (TPSA) is 212 Å². The predicted octanol–water partition coefficient (Wildman–Crippen LogP) is 4.40. The number of aliphatic hydroxyl groups is 5. The van der Waals surface area contributed by atoms with Gasteiger partial charge in [0.25, 0.3) is 0 Å². The Labute approximate surface area is 300 Å². The summed E-state index contributed by atoms with van der Waals surface area (Å²) < 4.78 is 47.1. The smallest absolute Gasteiger partial charge is 0.394 e. The van der Waals surface area contributed by atoms with Gasteiger partial charge in [0.15, 0.2) is 6.29 Å². The number of unbranched alkanes of at least 4 members (excludes halogenated alkanes) is 15. The van der Waals surface area contributed by atoms with Gasteiger partial charge in [-0.05, 0) is 25.7 Å². The average molecular weight is 738 g/mol. The molecule has 50 heavy (non-hydrogen) atoms. The molecular weight excluding hydrogens is 670 g/mol. The molecule has 1 amide bonds. The molecule has 0 saturated carbocycles. The number of hydrogen-bond donors (Lipinski definition) is 7. The molecular formula is C36H67NO12S. The summed E-state index contributed by atoms with van der Waals surface area (Å²) in [4.78, 5) is 13.0. The molecule has 294 valence electrons. The number of allylic oxidation sites excluding steroid dienone is 3. The number of amides is 1. The first kappa shape index (κ1) is 46.6. The molecule has 0 aliphatic carbocycles. The highest BCUT2D eigenvalue weighted by Crippen LogP contribution is 2.26. The van der Waals surface area contributed by atoms with Gasteiger partial charge in [-0.25, -0.2) is 4.18 Å². The first-order valence-corrected chi connectivity index (χ1v) is 20.2. The van der Waals surface area contributed by atoms with Crippen LogP contribution in [0.5, 0.6) is 0 Å². The molecule has 13 nitrogen and oxygen atoms in total. The lowest BCUT2D eigenvalue weighted by molar-refractivity contribution is -0.298. The maximum Gasteiger partial charge on any atom is 0.397 e. The van der Waals surface area contributed by atoms with Gasteiger partial charge in [-0.15, -0.1) is 0 Å². The minimum Gasteiger partial charge on any atom is -0.394 e. The van der Waals surface area contributed by atoms with E-state index in [2.05, 4.69) is 35.5 Å². The molecule has 0 bridgehead atoms. The van der Waals surface area contributed by atoms with Crippen molar-refractivity contribution < 1.29 is 57.0 Å². The largest absolute Gasteiger partial charge is 0.397 e. The van der Waals surface area contributed by atoms with Crippen molar-refractivity contribution >= 4 is 16.3 Å². The summed E-state index contributed by atoms with van der Waals surface area (Å²) >= 11 is 0. The zero-order chi connectivity index (χ0) is 37.2. The van der Waals surface area contributed by atoms with E-state index < -0.39 is 78.5 Å². The standard InChI is InChI=1S/C36H67NO12S/c1-3-5-7-9-11-13-14-15-16-17-19-21-23-25-30(40)35(43)37-28(29(39)24-22-20-18-12-10-8-6-4-2)27-47-36-33(42)34(49-50(44,45)46)32(41)31(26-38)48-36/h10,12,22,24,28-34,36,38-42H,3-9,11,13-21,23,25-27H2,1-2H3,(H,37,43)(H,44,45,46)/b12-10+,24-22+. The Kier molecular flexibility index (Phi) is 26.2. The summed E-state index contributed by atoms with van der Waals surface area (Å²) in [6.07, 6.45) is 16.0. The van der Waals surface area contributed by atoms with Crippen molar-refractivity contribution in [3.05, 3.63) is 24.3 Å². The van der Waals surface area contributed by atoms with Crippen molar-refractivity contribution in [2.45, 2.75) is 185 Å². The fourth-order valence-corrected chi connectivity index (χ4v) is 6.26. The Morgan fingerprint density at radius 3 is 1.90 bits per heavy atom. The Morgan fingerprint density at radius 1 is 0.800 bits per heavy atom. The Bertz CT molecular complexity index is 1030. The Hall–Kier alpha value is -1.46. The highest BCUT2D eigenvalue weighted by Gasteiger charge is 2.48. The van der Waals surface area contributed by atoms with E-state index >= 15 is 0 Å². The van der Waals surface area contributed by atoms with E-state index in [9.17, 15) is 38.7 Å². The molecule has 1 heterocycles. The normalized spacial score (nSPS) is 23.4. The van der Waals surface area contributed by atoms with Gasteiger partial charge in [-0.2, -0.15) is 8.42 Å². The molecule has 1 aliphatic rings. The number of ether oxygens (including phenoxy) is 2. The summed E-state index contributed by atoms with van der Waals surface area (Å²) in [5.74, 6) is -0.717. The van der Waals surface area contributed by atoms with Crippen LogP contribution in [-0.2, 0) is 28.9 Å². The van der Waals surface area contributed by atoms with E-state index in [0.717, 1.165) is 44.9 Å². The van der Waals surface area contributed by atoms with Gasteiger partial charge in [0.2, 0.25) is 5.91 Å². The van der Waals surface area contributed by atoms with Gasteiger partial charge >= 0.3 is 10.4 Å². The van der Waals surface area contributed by atoms with E-state index in [-0.39, 0.29) is 6.42 Å². The number of hydrogen-bond acceptors (Lipinski definition) is 11. The maximum absolute atomic E-state index is 13.0. The summed E-state index contributed by atoms with van der Waals surface area (Å²) in [6.45, 7) is 3.07. The third kappa shape index (κ3) is 21.2. The first-order chi connectivity index (χ1) is 23.9. The third-order valence-corrected chi connectivity index (χ3v) is 9.31.